The number of ether oxygens (including phenoxy) is 1. The minimum atomic E-state index is -0.403. The molecule has 5 nitrogen and oxygen atoms in total. The molecule has 6 heteroatoms. The van der Waals surface area contributed by atoms with Crippen LogP contribution in [-0.4, -0.2) is 15.5 Å². The second kappa shape index (κ2) is 7.47. The van der Waals surface area contributed by atoms with Crippen LogP contribution in [0, 0.1) is 11.7 Å². The predicted molar refractivity (Wildman–Crippen MR) is 96.5 cm³/mol. The van der Waals surface area contributed by atoms with Gasteiger partial charge in [-0.05, 0) is 42.8 Å². The summed E-state index contributed by atoms with van der Waals surface area (Å²) in [5.41, 5.74) is 0.687. The number of esters is 1. The predicted octanol–water partition coefficient (Wildman–Crippen LogP) is 3.61. The third kappa shape index (κ3) is 3.49. The summed E-state index contributed by atoms with van der Waals surface area (Å²) in [7, 11) is 0. The van der Waals surface area contributed by atoms with Crippen LogP contribution in [0.25, 0.3) is 16.6 Å². The summed E-state index contributed by atoms with van der Waals surface area (Å²) < 4.78 is 20.0. The van der Waals surface area contributed by atoms with E-state index < -0.39 is 5.82 Å². The summed E-state index contributed by atoms with van der Waals surface area (Å²) in [4.78, 5) is 29.4. The van der Waals surface area contributed by atoms with E-state index >= 15 is 0 Å². The molecule has 0 unspecified atom stereocenters. The first kappa shape index (κ1) is 17.8. The van der Waals surface area contributed by atoms with Crippen molar-refractivity contribution in [2.45, 2.75) is 26.9 Å². The maximum atomic E-state index is 13.3. The highest BCUT2D eigenvalue weighted by molar-refractivity contribution is 5.78. The van der Waals surface area contributed by atoms with Crippen molar-refractivity contribution >= 4 is 16.9 Å². The van der Waals surface area contributed by atoms with E-state index in [0.29, 0.717) is 23.0 Å². The number of benzene rings is 2. The molecule has 0 saturated heterocycles. The van der Waals surface area contributed by atoms with Gasteiger partial charge in [0.1, 0.15) is 12.4 Å². The van der Waals surface area contributed by atoms with E-state index in [0.717, 1.165) is 0 Å². The average molecular weight is 354 g/mol. The zero-order valence-electron chi connectivity index (χ0n) is 14.6. The van der Waals surface area contributed by atoms with Gasteiger partial charge in [0.05, 0.1) is 22.5 Å². The van der Waals surface area contributed by atoms with Crippen LogP contribution in [0.3, 0.4) is 0 Å². The number of rotatable bonds is 5. The van der Waals surface area contributed by atoms with Crippen molar-refractivity contribution in [3.63, 3.8) is 0 Å². The molecule has 134 valence electrons. The van der Waals surface area contributed by atoms with Gasteiger partial charge in [-0.3, -0.25) is 14.2 Å². The number of hydrogen-bond acceptors (Lipinski definition) is 4. The van der Waals surface area contributed by atoms with Gasteiger partial charge in [0.25, 0.3) is 5.56 Å². The van der Waals surface area contributed by atoms with E-state index in [2.05, 4.69) is 4.98 Å². The van der Waals surface area contributed by atoms with E-state index in [-0.39, 0.29) is 29.9 Å². The fourth-order valence-electron chi connectivity index (χ4n) is 2.58. The Morgan fingerprint density at radius 2 is 1.88 bits per heavy atom. The summed E-state index contributed by atoms with van der Waals surface area (Å²) in [5.74, 6) is -0.695. The van der Waals surface area contributed by atoms with Crippen LogP contribution < -0.4 is 5.56 Å². The van der Waals surface area contributed by atoms with Crippen molar-refractivity contribution < 1.29 is 13.9 Å². The van der Waals surface area contributed by atoms with Crippen molar-refractivity contribution in [1.29, 1.82) is 0 Å². The van der Waals surface area contributed by atoms with Gasteiger partial charge < -0.3 is 4.74 Å². The molecule has 0 aliphatic heterocycles. The highest BCUT2D eigenvalue weighted by Crippen LogP contribution is 2.15. The Morgan fingerprint density at radius 1 is 1.19 bits per heavy atom. The number of hydrogen-bond donors (Lipinski definition) is 0. The lowest BCUT2D eigenvalue weighted by Gasteiger charge is -2.15. The highest BCUT2D eigenvalue weighted by Gasteiger charge is 2.17. The van der Waals surface area contributed by atoms with Crippen molar-refractivity contribution in [3.8, 4) is 5.69 Å². The lowest BCUT2D eigenvalue weighted by molar-refractivity contribution is -0.149. The Balaban J connectivity index is 2.10. The molecule has 1 aromatic heterocycles. The fourth-order valence-corrected chi connectivity index (χ4v) is 2.58. The molecule has 26 heavy (non-hydrogen) atoms. The summed E-state index contributed by atoms with van der Waals surface area (Å²) in [6.07, 6.45) is 0.661. The fraction of sp³-hybridized carbons (Fsp3) is 0.250. The minimum Gasteiger partial charge on any atom is -0.457 e. The number of halogens is 1. The van der Waals surface area contributed by atoms with Gasteiger partial charge in [-0.2, -0.15) is 0 Å². The van der Waals surface area contributed by atoms with E-state index in [4.69, 9.17) is 4.74 Å². The van der Waals surface area contributed by atoms with E-state index in [9.17, 15) is 14.0 Å². The smallest absolute Gasteiger partial charge is 0.309 e. The van der Waals surface area contributed by atoms with Gasteiger partial charge in [-0.25, -0.2) is 9.37 Å². The molecule has 0 spiro atoms. The molecule has 0 aliphatic carbocycles. The Bertz CT molecular complexity index is 996. The van der Waals surface area contributed by atoms with Crippen LogP contribution >= 0.6 is 0 Å². The van der Waals surface area contributed by atoms with E-state index in [1.165, 1.54) is 28.8 Å². The molecule has 0 N–H and O–H groups in total. The number of carbonyl (C=O) groups excluding carboxylic acids is 1. The van der Waals surface area contributed by atoms with Gasteiger partial charge in [0, 0.05) is 0 Å². The molecule has 2 aromatic carbocycles. The number of fused-ring (bicyclic) bond motifs is 1. The second-order valence-electron chi connectivity index (χ2n) is 6.08. The molecule has 1 heterocycles. The monoisotopic (exact) mass is 354 g/mol. The van der Waals surface area contributed by atoms with Crippen LogP contribution in [0.15, 0.2) is 53.3 Å². The number of para-hydroxylation sites is 1. The van der Waals surface area contributed by atoms with E-state index in [1.807, 2.05) is 6.92 Å². The summed E-state index contributed by atoms with van der Waals surface area (Å²) in [6.45, 7) is 3.54. The number of carbonyl (C=O) groups is 1. The van der Waals surface area contributed by atoms with Crippen molar-refractivity contribution in [1.82, 2.24) is 9.55 Å². The van der Waals surface area contributed by atoms with E-state index in [1.54, 1.807) is 31.2 Å². The largest absolute Gasteiger partial charge is 0.457 e. The van der Waals surface area contributed by atoms with Gasteiger partial charge in [-0.15, -0.1) is 0 Å². The zero-order chi connectivity index (χ0) is 18.7. The van der Waals surface area contributed by atoms with Crippen LogP contribution in [0.1, 0.15) is 26.1 Å². The Kier molecular flexibility index (Phi) is 5.11. The molecule has 0 bridgehead atoms. The van der Waals surface area contributed by atoms with Gasteiger partial charge in [0.15, 0.2) is 5.82 Å². The summed E-state index contributed by atoms with van der Waals surface area (Å²) >= 11 is 0. The number of aromatic nitrogens is 2. The topological polar surface area (TPSA) is 61.2 Å². The van der Waals surface area contributed by atoms with Crippen LogP contribution in [-0.2, 0) is 16.1 Å². The average Bonchev–Trinajstić information content (AvgIpc) is 2.66. The maximum absolute atomic E-state index is 13.3. The number of nitrogens with zero attached hydrogens (tertiary/aromatic N) is 2. The first-order valence-electron chi connectivity index (χ1n) is 8.44. The maximum Gasteiger partial charge on any atom is 0.309 e. The second-order valence-corrected chi connectivity index (χ2v) is 6.08. The molecular formula is C20H19FN2O3. The molecule has 0 amide bonds. The van der Waals surface area contributed by atoms with Crippen molar-refractivity contribution in [2.75, 3.05) is 0 Å². The first-order valence-corrected chi connectivity index (χ1v) is 8.44. The Hall–Kier alpha value is -3.02. The standard InChI is InChI=1S/C20H19FN2O3/c1-3-13(2)20(25)26-12-18-22-17-7-5-4-6-16(17)19(24)23(18)15-10-8-14(21)9-11-15/h4-11,13H,3,12H2,1-2H3/t13-/m0/s1. The lowest BCUT2D eigenvalue weighted by atomic mass is 10.1. The van der Waals surface area contributed by atoms with Gasteiger partial charge >= 0.3 is 5.97 Å². The Labute approximate surface area is 150 Å². The van der Waals surface area contributed by atoms with Crippen LogP contribution in [0.4, 0.5) is 4.39 Å². The molecule has 3 rings (SSSR count). The van der Waals surface area contributed by atoms with Crippen LogP contribution in [0.5, 0.6) is 0 Å². The molecule has 3 aromatic rings. The summed E-state index contributed by atoms with van der Waals surface area (Å²) in [6, 6.07) is 12.5. The molecular weight excluding hydrogens is 335 g/mol. The SMILES string of the molecule is CC[C@H](C)C(=O)OCc1nc2ccccc2c(=O)n1-c1ccc(F)cc1. The molecule has 1 atom stereocenters. The molecule has 0 saturated carbocycles. The first-order chi connectivity index (χ1) is 12.5. The quantitative estimate of drug-likeness (QED) is 0.657. The normalized spacial score (nSPS) is 12.1. The van der Waals surface area contributed by atoms with Crippen molar-refractivity contribution in [3.05, 3.63) is 70.5 Å². The molecule has 0 aliphatic rings. The minimum absolute atomic E-state index is 0.138. The zero-order valence-corrected chi connectivity index (χ0v) is 14.6. The third-order valence-corrected chi connectivity index (χ3v) is 4.29. The summed E-state index contributed by atoms with van der Waals surface area (Å²) in [5, 5.41) is 0.439. The Morgan fingerprint density at radius 3 is 2.58 bits per heavy atom. The van der Waals surface area contributed by atoms with Gasteiger partial charge in [0.2, 0.25) is 0 Å². The molecule has 0 fully saturated rings. The van der Waals surface area contributed by atoms with Crippen LogP contribution in [0.2, 0.25) is 0 Å². The lowest BCUT2D eigenvalue weighted by Crippen LogP contribution is -2.25. The highest BCUT2D eigenvalue weighted by atomic mass is 19.1. The molecule has 0 radical (unpaired) electrons. The van der Waals surface area contributed by atoms with Crippen molar-refractivity contribution in [2.24, 2.45) is 5.92 Å². The van der Waals surface area contributed by atoms with Gasteiger partial charge in [-0.1, -0.05) is 26.0 Å². The third-order valence-electron chi connectivity index (χ3n) is 4.29.